The molecule has 2 N–H and O–H groups in total. The lowest BCUT2D eigenvalue weighted by atomic mass is 10.1. The van der Waals surface area contributed by atoms with Gasteiger partial charge in [-0.15, -0.1) is 0 Å². The number of pyridine rings is 1. The Morgan fingerprint density at radius 1 is 1.18 bits per heavy atom. The van der Waals surface area contributed by atoms with Crippen molar-refractivity contribution >= 4 is 17.9 Å². The quantitative estimate of drug-likeness (QED) is 0.782. The summed E-state index contributed by atoms with van der Waals surface area (Å²) in [5.74, 6) is 0.242. The van der Waals surface area contributed by atoms with Crippen LogP contribution < -0.4 is 10.6 Å². The van der Waals surface area contributed by atoms with Crippen LogP contribution in [0, 0.1) is 0 Å². The van der Waals surface area contributed by atoms with Gasteiger partial charge in [-0.3, -0.25) is 9.78 Å². The van der Waals surface area contributed by atoms with E-state index < -0.39 is 0 Å². The van der Waals surface area contributed by atoms with Crippen molar-refractivity contribution in [2.75, 3.05) is 25.0 Å². The molecule has 2 aromatic heterocycles. The van der Waals surface area contributed by atoms with E-state index in [0.29, 0.717) is 50.6 Å². The Morgan fingerprint density at radius 3 is 2.50 bits per heavy atom. The molecular weight excluding hydrogens is 360 g/mol. The lowest BCUT2D eigenvalue weighted by Gasteiger charge is -2.31. The predicted molar refractivity (Wildman–Crippen MR) is 103 cm³/mol. The highest BCUT2D eigenvalue weighted by Gasteiger charge is 2.24. The van der Waals surface area contributed by atoms with Gasteiger partial charge in [-0.25, -0.2) is 14.8 Å². The minimum Gasteiger partial charge on any atom is -0.450 e. The highest BCUT2D eigenvalue weighted by Crippen LogP contribution is 2.12. The van der Waals surface area contributed by atoms with E-state index in [9.17, 15) is 9.59 Å². The molecule has 2 aromatic rings. The van der Waals surface area contributed by atoms with Gasteiger partial charge in [0.05, 0.1) is 12.2 Å². The maximum absolute atomic E-state index is 12.4. The molecule has 0 aliphatic carbocycles. The number of likely N-dealkylation sites (tertiary alicyclic amines) is 1. The molecule has 1 saturated heterocycles. The Bertz CT molecular complexity index is 776. The summed E-state index contributed by atoms with van der Waals surface area (Å²) in [6.07, 6.45) is 7.55. The van der Waals surface area contributed by atoms with Gasteiger partial charge < -0.3 is 20.3 Å². The van der Waals surface area contributed by atoms with Gasteiger partial charge in [-0.2, -0.15) is 0 Å². The maximum Gasteiger partial charge on any atom is 0.409 e. The van der Waals surface area contributed by atoms with Crippen LogP contribution in [-0.2, 0) is 11.3 Å². The molecule has 3 rings (SSSR count). The van der Waals surface area contributed by atoms with Crippen molar-refractivity contribution in [3.8, 4) is 0 Å². The van der Waals surface area contributed by atoms with E-state index >= 15 is 0 Å². The van der Waals surface area contributed by atoms with Crippen LogP contribution in [0.2, 0.25) is 0 Å². The third-order valence-electron chi connectivity index (χ3n) is 4.47. The first kappa shape index (κ1) is 19.5. The van der Waals surface area contributed by atoms with Gasteiger partial charge in [-0.1, -0.05) is 0 Å². The third-order valence-corrected chi connectivity index (χ3v) is 4.47. The Morgan fingerprint density at radius 2 is 1.86 bits per heavy atom. The van der Waals surface area contributed by atoms with Gasteiger partial charge in [-0.05, 0) is 37.5 Å². The largest absolute Gasteiger partial charge is 0.450 e. The lowest BCUT2D eigenvalue weighted by molar-refractivity contribution is 0.0859. The number of nitrogens with zero attached hydrogens (tertiary/aromatic N) is 4. The zero-order chi connectivity index (χ0) is 19.8. The smallest absolute Gasteiger partial charge is 0.409 e. The summed E-state index contributed by atoms with van der Waals surface area (Å²) in [6.45, 7) is 3.86. The standard InChI is InChI=1S/C19H24N6O3/c1-2-28-19(27)25-9-5-16(6-10-25)24-17(26)15-12-22-18(23-13-15)21-11-14-3-7-20-8-4-14/h3-4,7-8,12-13,16H,2,5-6,9-11H2,1H3,(H,24,26)(H,21,22,23). The number of carbonyl (C=O) groups is 2. The van der Waals surface area contributed by atoms with Crippen molar-refractivity contribution in [1.29, 1.82) is 0 Å². The fourth-order valence-electron chi connectivity index (χ4n) is 2.91. The number of hydrogen-bond donors (Lipinski definition) is 2. The lowest BCUT2D eigenvalue weighted by Crippen LogP contribution is -2.46. The Kier molecular flexibility index (Phi) is 6.72. The van der Waals surface area contributed by atoms with Crippen LogP contribution in [0.3, 0.4) is 0 Å². The van der Waals surface area contributed by atoms with Crippen molar-refractivity contribution in [1.82, 2.24) is 25.2 Å². The molecule has 0 bridgehead atoms. The molecule has 1 aliphatic heterocycles. The number of hydrogen-bond acceptors (Lipinski definition) is 7. The van der Waals surface area contributed by atoms with Gasteiger partial charge >= 0.3 is 6.09 Å². The molecule has 0 atom stereocenters. The second-order valence-electron chi connectivity index (χ2n) is 6.44. The van der Waals surface area contributed by atoms with Crippen molar-refractivity contribution < 1.29 is 14.3 Å². The van der Waals surface area contributed by atoms with Crippen molar-refractivity contribution in [2.24, 2.45) is 0 Å². The summed E-state index contributed by atoms with van der Waals surface area (Å²) in [5.41, 5.74) is 1.47. The van der Waals surface area contributed by atoms with Crippen LogP contribution in [0.15, 0.2) is 36.9 Å². The van der Waals surface area contributed by atoms with Crippen LogP contribution in [0.25, 0.3) is 0 Å². The summed E-state index contributed by atoms with van der Waals surface area (Å²) in [5, 5.41) is 6.08. The second kappa shape index (κ2) is 9.63. The van der Waals surface area contributed by atoms with Gasteiger partial charge in [0.15, 0.2) is 0 Å². The molecule has 2 amide bonds. The highest BCUT2D eigenvalue weighted by atomic mass is 16.6. The summed E-state index contributed by atoms with van der Waals surface area (Å²) < 4.78 is 5.00. The summed E-state index contributed by atoms with van der Waals surface area (Å²) in [4.78, 5) is 38.1. The molecular formula is C19H24N6O3. The van der Waals surface area contributed by atoms with Crippen molar-refractivity contribution in [3.05, 3.63) is 48.0 Å². The Balaban J connectivity index is 1.45. The molecule has 1 aliphatic rings. The zero-order valence-electron chi connectivity index (χ0n) is 15.8. The van der Waals surface area contributed by atoms with Crippen LogP contribution >= 0.6 is 0 Å². The zero-order valence-corrected chi connectivity index (χ0v) is 15.8. The fraction of sp³-hybridized carbons (Fsp3) is 0.421. The van der Waals surface area contributed by atoms with Gasteiger partial charge in [0.1, 0.15) is 0 Å². The number of aromatic nitrogens is 3. The molecule has 9 heteroatoms. The number of anilines is 1. The van der Waals surface area contributed by atoms with E-state index in [2.05, 4.69) is 25.6 Å². The highest BCUT2D eigenvalue weighted by molar-refractivity contribution is 5.93. The molecule has 0 aromatic carbocycles. The Labute approximate surface area is 163 Å². The first-order chi connectivity index (χ1) is 13.7. The third kappa shape index (κ3) is 5.38. The fourth-order valence-corrected chi connectivity index (χ4v) is 2.91. The second-order valence-corrected chi connectivity index (χ2v) is 6.44. The average molecular weight is 384 g/mol. The van der Waals surface area contributed by atoms with Crippen LogP contribution in [0.1, 0.15) is 35.7 Å². The molecule has 0 radical (unpaired) electrons. The predicted octanol–water partition coefficient (Wildman–Crippen LogP) is 1.83. The van der Waals surface area contributed by atoms with Crippen LogP contribution in [-0.4, -0.2) is 57.6 Å². The molecule has 0 saturated carbocycles. The SMILES string of the molecule is CCOC(=O)N1CCC(NC(=O)c2cnc(NCc3ccncc3)nc2)CC1. The first-order valence-corrected chi connectivity index (χ1v) is 9.33. The summed E-state index contributed by atoms with van der Waals surface area (Å²) >= 11 is 0. The van der Waals surface area contributed by atoms with Crippen molar-refractivity contribution in [2.45, 2.75) is 32.4 Å². The van der Waals surface area contributed by atoms with Gasteiger partial charge in [0, 0.05) is 50.5 Å². The van der Waals surface area contributed by atoms with Crippen molar-refractivity contribution in [3.63, 3.8) is 0 Å². The topological polar surface area (TPSA) is 109 Å². The van der Waals surface area contributed by atoms with E-state index in [1.807, 2.05) is 12.1 Å². The molecule has 28 heavy (non-hydrogen) atoms. The number of nitrogens with one attached hydrogen (secondary N) is 2. The molecule has 1 fully saturated rings. The van der Waals surface area contributed by atoms with Gasteiger partial charge in [0.25, 0.3) is 5.91 Å². The normalized spacial score (nSPS) is 14.4. The summed E-state index contributed by atoms with van der Waals surface area (Å²) in [6, 6.07) is 3.83. The number of piperidine rings is 1. The first-order valence-electron chi connectivity index (χ1n) is 9.33. The maximum atomic E-state index is 12.4. The summed E-state index contributed by atoms with van der Waals surface area (Å²) in [7, 11) is 0. The number of rotatable bonds is 6. The molecule has 148 valence electrons. The minimum atomic E-state index is -0.296. The number of ether oxygens (including phenoxy) is 1. The average Bonchev–Trinajstić information content (AvgIpc) is 2.74. The Hall–Kier alpha value is -3.23. The molecule has 0 unspecified atom stereocenters. The van der Waals surface area contributed by atoms with Gasteiger partial charge in [0.2, 0.25) is 5.95 Å². The number of amides is 2. The molecule has 0 spiro atoms. The van der Waals surface area contributed by atoms with Crippen LogP contribution in [0.4, 0.5) is 10.7 Å². The molecule has 3 heterocycles. The molecule has 9 nitrogen and oxygen atoms in total. The van der Waals surface area contributed by atoms with E-state index in [0.717, 1.165) is 5.56 Å². The van der Waals surface area contributed by atoms with E-state index in [-0.39, 0.29) is 18.0 Å². The minimum absolute atomic E-state index is 0.0164. The van der Waals surface area contributed by atoms with E-state index in [1.165, 1.54) is 12.4 Å². The number of carbonyl (C=O) groups excluding carboxylic acids is 2. The monoisotopic (exact) mass is 384 g/mol. The van der Waals surface area contributed by atoms with Crippen LogP contribution in [0.5, 0.6) is 0 Å². The van der Waals surface area contributed by atoms with E-state index in [1.54, 1.807) is 24.2 Å². The van der Waals surface area contributed by atoms with E-state index in [4.69, 9.17) is 4.74 Å².